The van der Waals surface area contributed by atoms with Crippen molar-refractivity contribution in [2.75, 3.05) is 7.11 Å². The normalized spacial score (nSPS) is 9.90. The number of carbonyl (C=O) groups is 1. The summed E-state index contributed by atoms with van der Waals surface area (Å²) in [5.41, 5.74) is 0.433. The molecule has 0 fully saturated rings. The number of ether oxygens (including phenoxy) is 1. The fourth-order valence-electron chi connectivity index (χ4n) is 2.09. The number of hydrogen-bond donors (Lipinski definition) is 0. The number of esters is 1. The van der Waals surface area contributed by atoms with E-state index in [1.807, 2.05) is 0 Å². The van der Waals surface area contributed by atoms with Gasteiger partial charge in [-0.1, -0.05) is 6.58 Å². The summed E-state index contributed by atoms with van der Waals surface area (Å²) in [5, 5.41) is 0. The van der Waals surface area contributed by atoms with Crippen LogP contribution in [0.25, 0.3) is 0 Å². The molecule has 0 saturated heterocycles. The maximum atomic E-state index is 10.2. The van der Waals surface area contributed by atoms with Gasteiger partial charge in [-0.25, -0.2) is 4.79 Å². The molecule has 0 unspecified atom stereocenters. The van der Waals surface area contributed by atoms with Gasteiger partial charge in [0.2, 0.25) is 0 Å². The summed E-state index contributed by atoms with van der Waals surface area (Å²) in [6.45, 7) is 12.0. The molecule has 0 bridgehead atoms. The molecule has 0 aliphatic rings. The number of unbranched alkanes of at least 4 members (excludes halogenated alkanes) is 3. The Bertz CT molecular complexity index is 220. The molecular formula is C17H36O2Sn. The van der Waals surface area contributed by atoms with E-state index >= 15 is 0 Å². The van der Waals surface area contributed by atoms with E-state index in [2.05, 4.69) is 32.1 Å². The Morgan fingerprint density at radius 3 is 1.45 bits per heavy atom. The Hall–Kier alpha value is 0.00870. The van der Waals surface area contributed by atoms with Crippen LogP contribution in [0.4, 0.5) is 0 Å². The molecular weight excluding hydrogens is 355 g/mol. The molecule has 0 aromatic heterocycles. The molecule has 0 aliphatic carbocycles. The van der Waals surface area contributed by atoms with E-state index in [1.165, 1.54) is 45.6 Å². The second-order valence-electron chi connectivity index (χ2n) is 5.56. The van der Waals surface area contributed by atoms with Gasteiger partial charge in [-0.05, 0) is 6.92 Å². The summed E-state index contributed by atoms with van der Waals surface area (Å²) >= 11 is -0.967. The van der Waals surface area contributed by atoms with Gasteiger partial charge in [0, 0.05) is 5.57 Å². The van der Waals surface area contributed by atoms with Crippen molar-refractivity contribution < 1.29 is 9.53 Å². The molecule has 20 heavy (non-hydrogen) atoms. The average Bonchev–Trinajstić information content (AvgIpc) is 2.46. The van der Waals surface area contributed by atoms with Crippen LogP contribution in [0.15, 0.2) is 12.2 Å². The van der Waals surface area contributed by atoms with Gasteiger partial charge in [0.15, 0.2) is 0 Å². The first-order valence-corrected chi connectivity index (χ1v) is 15.3. The summed E-state index contributed by atoms with van der Waals surface area (Å²) in [7, 11) is 1.33. The molecule has 0 rings (SSSR count). The maximum absolute atomic E-state index is 10.2. The van der Waals surface area contributed by atoms with Crippen LogP contribution in [0.2, 0.25) is 13.3 Å². The van der Waals surface area contributed by atoms with Gasteiger partial charge in [0.1, 0.15) is 0 Å². The monoisotopic (exact) mass is 392 g/mol. The van der Waals surface area contributed by atoms with Crippen LogP contribution in [0.3, 0.4) is 0 Å². The van der Waals surface area contributed by atoms with Gasteiger partial charge in [-0.3, -0.25) is 0 Å². The minimum absolute atomic E-state index is 0.347. The van der Waals surface area contributed by atoms with Crippen molar-refractivity contribution in [3.63, 3.8) is 0 Å². The van der Waals surface area contributed by atoms with Crippen molar-refractivity contribution in [2.24, 2.45) is 0 Å². The zero-order valence-corrected chi connectivity index (χ0v) is 17.8. The van der Waals surface area contributed by atoms with E-state index in [0.717, 1.165) is 0 Å². The fraction of sp³-hybridized carbons (Fsp3) is 0.824. The molecule has 0 aliphatic heterocycles. The molecule has 3 heteroatoms. The van der Waals surface area contributed by atoms with Gasteiger partial charge >= 0.3 is 98.3 Å². The van der Waals surface area contributed by atoms with Crippen LogP contribution in [-0.4, -0.2) is 32.8 Å². The molecule has 0 heterocycles. The molecule has 2 nitrogen and oxygen atoms in total. The van der Waals surface area contributed by atoms with Gasteiger partial charge in [0.25, 0.3) is 0 Å². The van der Waals surface area contributed by atoms with Crippen molar-refractivity contribution in [3.8, 4) is 0 Å². The van der Waals surface area contributed by atoms with Crippen LogP contribution in [-0.2, 0) is 9.53 Å². The Balaban J connectivity index is 0. The Labute approximate surface area is 134 Å². The molecule has 0 radical (unpaired) electrons. The summed E-state index contributed by atoms with van der Waals surface area (Å²) in [6, 6.07) is 0. The minimum atomic E-state index is -0.967. The topological polar surface area (TPSA) is 26.3 Å². The Kier molecular flexibility index (Phi) is 19.0. The van der Waals surface area contributed by atoms with Crippen molar-refractivity contribution in [1.29, 1.82) is 0 Å². The van der Waals surface area contributed by atoms with Crippen molar-refractivity contribution in [1.82, 2.24) is 0 Å². The van der Waals surface area contributed by atoms with Crippen LogP contribution in [0.1, 0.15) is 66.2 Å². The van der Waals surface area contributed by atoms with E-state index in [0.29, 0.717) is 5.57 Å². The SMILES string of the molecule is C=C(C)C(=O)OC.CCC[CH2][SnH]([CH2]CCC)[CH2]CCC. The third-order valence-electron chi connectivity index (χ3n) is 3.43. The van der Waals surface area contributed by atoms with Gasteiger partial charge in [-0.2, -0.15) is 0 Å². The van der Waals surface area contributed by atoms with Crippen LogP contribution in [0.5, 0.6) is 0 Å². The van der Waals surface area contributed by atoms with E-state index in [9.17, 15) is 4.79 Å². The van der Waals surface area contributed by atoms with Crippen LogP contribution >= 0.6 is 0 Å². The number of methoxy groups -OCH3 is 1. The molecule has 0 amide bonds. The predicted molar refractivity (Wildman–Crippen MR) is 93.1 cm³/mol. The zero-order valence-electron chi connectivity index (χ0n) is 14.5. The molecule has 0 spiro atoms. The number of rotatable bonds is 10. The van der Waals surface area contributed by atoms with Crippen molar-refractivity contribution in [2.45, 2.75) is 79.5 Å². The summed E-state index contributed by atoms with van der Waals surface area (Å²) < 4.78 is 9.35. The second-order valence-corrected chi connectivity index (χ2v) is 15.5. The predicted octanol–water partition coefficient (Wildman–Crippen LogP) is 5.35. The first-order chi connectivity index (χ1) is 9.53. The first-order valence-electron chi connectivity index (χ1n) is 8.27. The zero-order chi connectivity index (χ0) is 15.8. The van der Waals surface area contributed by atoms with E-state index in [1.54, 1.807) is 20.2 Å². The number of hydrogen-bond acceptors (Lipinski definition) is 2. The van der Waals surface area contributed by atoms with Crippen molar-refractivity contribution >= 4 is 25.7 Å². The molecule has 0 aromatic carbocycles. The molecule has 0 atom stereocenters. The quantitative estimate of drug-likeness (QED) is 0.285. The van der Waals surface area contributed by atoms with E-state index < -0.39 is 19.8 Å². The molecule has 0 saturated carbocycles. The summed E-state index contributed by atoms with van der Waals surface area (Å²) in [4.78, 5) is 10.2. The van der Waals surface area contributed by atoms with Gasteiger partial charge < -0.3 is 4.74 Å². The third-order valence-corrected chi connectivity index (χ3v) is 13.9. The summed E-state index contributed by atoms with van der Waals surface area (Å²) in [5.74, 6) is -0.347. The van der Waals surface area contributed by atoms with Crippen LogP contribution < -0.4 is 0 Å². The fourth-order valence-corrected chi connectivity index (χ4v) is 13.0. The van der Waals surface area contributed by atoms with E-state index in [-0.39, 0.29) is 5.97 Å². The Morgan fingerprint density at radius 2 is 1.30 bits per heavy atom. The second kappa shape index (κ2) is 17.1. The number of carbonyl (C=O) groups excluding carboxylic acids is 1. The molecule has 0 N–H and O–H groups in total. The van der Waals surface area contributed by atoms with E-state index in [4.69, 9.17) is 0 Å². The molecule has 120 valence electrons. The van der Waals surface area contributed by atoms with Crippen LogP contribution in [0, 0.1) is 0 Å². The van der Waals surface area contributed by atoms with Crippen molar-refractivity contribution in [3.05, 3.63) is 12.2 Å². The first kappa shape index (κ1) is 22.3. The third kappa shape index (κ3) is 16.1. The summed E-state index contributed by atoms with van der Waals surface area (Å²) in [6.07, 6.45) is 8.87. The Morgan fingerprint density at radius 1 is 0.950 bits per heavy atom. The standard InChI is InChI=1S/C5H8O2.3C4H9.Sn.H/c1-4(2)5(6)7-3;3*1-3-4-2;;/h1H2,2-3H3;3*1,3-4H2,2H3;;. The van der Waals surface area contributed by atoms with Gasteiger partial charge in [-0.15, -0.1) is 0 Å². The average molecular weight is 391 g/mol. The van der Waals surface area contributed by atoms with Gasteiger partial charge in [0.05, 0.1) is 7.11 Å². The molecule has 0 aromatic rings.